The summed E-state index contributed by atoms with van der Waals surface area (Å²) in [4.78, 5) is 3.72. The molecule has 106 valence electrons. The van der Waals surface area contributed by atoms with E-state index in [1.165, 1.54) is 6.92 Å². The van der Waals surface area contributed by atoms with Gasteiger partial charge in [0.1, 0.15) is 5.60 Å². The minimum absolute atomic E-state index is 0.248. The van der Waals surface area contributed by atoms with Gasteiger partial charge in [-0.15, -0.1) is 0 Å². The lowest BCUT2D eigenvalue weighted by Gasteiger charge is -2.28. The topological polar surface area (TPSA) is 33.1 Å². The van der Waals surface area contributed by atoms with E-state index < -0.39 is 17.3 Å². The number of hydrogen-bond donors (Lipinski definition) is 1. The van der Waals surface area contributed by atoms with Crippen LogP contribution in [0.4, 0.5) is 13.2 Å². The molecular formula is C15H14F3NO. The zero-order valence-corrected chi connectivity index (χ0v) is 11.1. The van der Waals surface area contributed by atoms with Crippen LogP contribution >= 0.6 is 0 Å². The Labute approximate surface area is 114 Å². The van der Waals surface area contributed by atoms with E-state index in [2.05, 4.69) is 4.98 Å². The number of aromatic nitrogens is 1. The molecule has 0 fully saturated rings. The van der Waals surface area contributed by atoms with Crippen LogP contribution in [0.25, 0.3) is 0 Å². The molecule has 1 aromatic carbocycles. The highest BCUT2D eigenvalue weighted by Crippen LogP contribution is 2.39. The van der Waals surface area contributed by atoms with Crippen LogP contribution in [0.1, 0.15) is 29.2 Å². The van der Waals surface area contributed by atoms with Crippen LogP contribution in [-0.4, -0.2) is 10.1 Å². The Balaban J connectivity index is 2.65. The SMILES string of the molecule is Cc1ccccc1C(C)(O)c1cnccc1C(F)(F)F. The first-order chi connectivity index (χ1) is 9.24. The van der Waals surface area contributed by atoms with Crippen molar-refractivity contribution in [3.63, 3.8) is 0 Å². The summed E-state index contributed by atoms with van der Waals surface area (Å²) in [5.41, 5.74) is -1.74. The lowest BCUT2D eigenvalue weighted by atomic mass is 9.84. The Kier molecular flexibility index (Phi) is 3.56. The van der Waals surface area contributed by atoms with Gasteiger partial charge in [0.2, 0.25) is 0 Å². The normalized spacial score (nSPS) is 14.9. The van der Waals surface area contributed by atoms with Gasteiger partial charge in [-0.1, -0.05) is 24.3 Å². The minimum atomic E-state index is -4.54. The number of rotatable bonds is 2. The van der Waals surface area contributed by atoms with Gasteiger partial charge >= 0.3 is 6.18 Å². The molecule has 1 atom stereocenters. The third-order valence-electron chi connectivity index (χ3n) is 3.32. The van der Waals surface area contributed by atoms with E-state index in [0.29, 0.717) is 5.56 Å². The molecule has 0 aliphatic rings. The van der Waals surface area contributed by atoms with Crippen LogP contribution < -0.4 is 0 Å². The standard InChI is InChI=1S/C15H14F3NO/c1-10-5-3-4-6-11(10)14(2,20)13-9-19-8-7-12(13)15(16,17)18/h3-9,20H,1-2H3. The second-order valence-corrected chi connectivity index (χ2v) is 4.81. The Hall–Kier alpha value is -1.88. The van der Waals surface area contributed by atoms with Crippen molar-refractivity contribution in [3.05, 3.63) is 65.0 Å². The number of halogens is 3. The van der Waals surface area contributed by atoms with Crippen molar-refractivity contribution in [1.29, 1.82) is 0 Å². The van der Waals surface area contributed by atoms with E-state index >= 15 is 0 Å². The second kappa shape index (κ2) is 4.90. The molecule has 20 heavy (non-hydrogen) atoms. The fourth-order valence-electron chi connectivity index (χ4n) is 2.29. The van der Waals surface area contributed by atoms with Gasteiger partial charge in [-0.05, 0) is 31.0 Å². The lowest BCUT2D eigenvalue weighted by molar-refractivity contribution is -0.140. The predicted octanol–water partition coefficient (Wildman–Crippen LogP) is 3.66. The molecule has 2 rings (SSSR count). The lowest BCUT2D eigenvalue weighted by Crippen LogP contribution is -2.28. The third-order valence-corrected chi connectivity index (χ3v) is 3.32. The Morgan fingerprint density at radius 2 is 1.65 bits per heavy atom. The van der Waals surface area contributed by atoms with Crippen molar-refractivity contribution in [1.82, 2.24) is 4.98 Å². The molecule has 1 N–H and O–H groups in total. The first-order valence-corrected chi connectivity index (χ1v) is 6.04. The van der Waals surface area contributed by atoms with Crippen LogP contribution in [0.3, 0.4) is 0 Å². The van der Waals surface area contributed by atoms with Crippen molar-refractivity contribution < 1.29 is 18.3 Å². The summed E-state index contributed by atoms with van der Waals surface area (Å²) in [6.45, 7) is 3.09. The van der Waals surface area contributed by atoms with Crippen molar-refractivity contribution >= 4 is 0 Å². The molecule has 0 aliphatic carbocycles. The second-order valence-electron chi connectivity index (χ2n) is 4.81. The van der Waals surface area contributed by atoms with Gasteiger partial charge in [0, 0.05) is 18.0 Å². The smallest absolute Gasteiger partial charge is 0.381 e. The maximum atomic E-state index is 13.1. The minimum Gasteiger partial charge on any atom is -0.381 e. The molecule has 0 spiro atoms. The summed E-state index contributed by atoms with van der Waals surface area (Å²) in [5, 5.41) is 10.6. The van der Waals surface area contributed by atoms with E-state index in [-0.39, 0.29) is 5.56 Å². The van der Waals surface area contributed by atoms with Gasteiger partial charge in [-0.3, -0.25) is 4.98 Å². The molecule has 5 heteroatoms. The number of alkyl halides is 3. The Morgan fingerprint density at radius 3 is 2.25 bits per heavy atom. The van der Waals surface area contributed by atoms with Crippen LogP contribution in [-0.2, 0) is 11.8 Å². The van der Waals surface area contributed by atoms with Crippen molar-refractivity contribution in [2.24, 2.45) is 0 Å². The van der Waals surface area contributed by atoms with Gasteiger partial charge in [0.25, 0.3) is 0 Å². The van der Waals surface area contributed by atoms with Crippen LogP contribution in [0.5, 0.6) is 0 Å². The molecule has 0 saturated heterocycles. The summed E-state index contributed by atoms with van der Waals surface area (Å²) in [7, 11) is 0. The first kappa shape index (κ1) is 14.5. The van der Waals surface area contributed by atoms with Crippen molar-refractivity contribution in [2.75, 3.05) is 0 Å². The summed E-state index contributed by atoms with van der Waals surface area (Å²) in [5.74, 6) is 0. The van der Waals surface area contributed by atoms with E-state index in [0.717, 1.165) is 24.0 Å². The number of aryl methyl sites for hydroxylation is 1. The molecule has 0 bridgehead atoms. The summed E-state index contributed by atoms with van der Waals surface area (Å²) < 4.78 is 39.2. The van der Waals surface area contributed by atoms with Crippen LogP contribution in [0, 0.1) is 6.92 Å². The zero-order valence-electron chi connectivity index (χ0n) is 11.1. The van der Waals surface area contributed by atoms with Gasteiger partial charge in [-0.2, -0.15) is 13.2 Å². The van der Waals surface area contributed by atoms with E-state index in [4.69, 9.17) is 0 Å². The average molecular weight is 281 g/mol. The number of benzene rings is 1. The van der Waals surface area contributed by atoms with Gasteiger partial charge in [-0.25, -0.2) is 0 Å². The fraction of sp³-hybridized carbons (Fsp3) is 0.267. The van der Waals surface area contributed by atoms with E-state index in [1.54, 1.807) is 31.2 Å². The highest BCUT2D eigenvalue weighted by molar-refractivity contribution is 5.42. The monoisotopic (exact) mass is 281 g/mol. The maximum Gasteiger partial charge on any atom is 0.416 e. The molecule has 0 saturated carbocycles. The summed E-state index contributed by atoms with van der Waals surface area (Å²) >= 11 is 0. The quantitative estimate of drug-likeness (QED) is 0.911. The molecule has 1 aromatic heterocycles. The maximum absolute atomic E-state index is 13.1. The van der Waals surface area contributed by atoms with Crippen molar-refractivity contribution in [3.8, 4) is 0 Å². The molecule has 0 aliphatic heterocycles. The van der Waals surface area contributed by atoms with Crippen LogP contribution in [0.15, 0.2) is 42.7 Å². The van der Waals surface area contributed by atoms with Crippen molar-refractivity contribution in [2.45, 2.75) is 25.6 Å². The predicted molar refractivity (Wildman–Crippen MR) is 69.1 cm³/mol. The molecule has 0 amide bonds. The Morgan fingerprint density at radius 1 is 1.00 bits per heavy atom. The van der Waals surface area contributed by atoms with Gasteiger partial charge < -0.3 is 5.11 Å². The highest BCUT2D eigenvalue weighted by atomic mass is 19.4. The molecule has 2 aromatic rings. The fourth-order valence-corrected chi connectivity index (χ4v) is 2.29. The molecule has 2 nitrogen and oxygen atoms in total. The number of pyridine rings is 1. The van der Waals surface area contributed by atoms with E-state index in [1.807, 2.05) is 0 Å². The first-order valence-electron chi connectivity index (χ1n) is 6.04. The number of hydrogen-bond acceptors (Lipinski definition) is 2. The molecular weight excluding hydrogens is 267 g/mol. The van der Waals surface area contributed by atoms with Gasteiger partial charge in [0.15, 0.2) is 0 Å². The zero-order chi connectivity index (χ0) is 15.0. The average Bonchev–Trinajstić information content (AvgIpc) is 2.38. The summed E-state index contributed by atoms with van der Waals surface area (Å²) in [6.07, 6.45) is -2.40. The number of aliphatic hydroxyl groups is 1. The van der Waals surface area contributed by atoms with Gasteiger partial charge in [0.05, 0.1) is 5.56 Å². The molecule has 0 radical (unpaired) electrons. The third kappa shape index (κ3) is 2.54. The molecule has 1 heterocycles. The molecule has 1 unspecified atom stereocenters. The van der Waals surface area contributed by atoms with E-state index in [9.17, 15) is 18.3 Å². The largest absolute Gasteiger partial charge is 0.416 e. The van der Waals surface area contributed by atoms with Crippen LogP contribution in [0.2, 0.25) is 0 Å². The number of nitrogens with zero attached hydrogens (tertiary/aromatic N) is 1. The summed E-state index contributed by atoms with van der Waals surface area (Å²) in [6, 6.07) is 7.68. The highest BCUT2D eigenvalue weighted by Gasteiger charge is 2.40. The Bertz CT molecular complexity index is 621.